The lowest BCUT2D eigenvalue weighted by Crippen LogP contribution is -2.01. The Morgan fingerprint density at radius 2 is 2.00 bits per heavy atom. The van der Waals surface area contributed by atoms with E-state index in [0.717, 1.165) is 16.8 Å². The summed E-state index contributed by atoms with van der Waals surface area (Å²) in [4.78, 5) is 0. The highest BCUT2D eigenvalue weighted by atomic mass is 79.9. The van der Waals surface area contributed by atoms with Gasteiger partial charge in [0, 0.05) is 17.3 Å². The van der Waals surface area contributed by atoms with E-state index < -0.39 is 0 Å². The zero-order valence-electron chi connectivity index (χ0n) is 9.81. The lowest BCUT2D eigenvalue weighted by molar-refractivity contribution is 0.619. The van der Waals surface area contributed by atoms with Crippen LogP contribution in [0.15, 0.2) is 40.9 Å². The molecule has 0 bridgehead atoms. The van der Waals surface area contributed by atoms with E-state index >= 15 is 0 Å². The Labute approximate surface area is 119 Å². The normalized spacial score (nSPS) is 10.4. The quantitative estimate of drug-likeness (QED) is 0.820. The molecule has 4 heteroatoms. The van der Waals surface area contributed by atoms with Crippen molar-refractivity contribution >= 4 is 33.2 Å². The van der Waals surface area contributed by atoms with Gasteiger partial charge in [-0.05, 0) is 58.2 Å². The molecular weight excluding hydrogens is 317 g/mol. The van der Waals surface area contributed by atoms with Crippen LogP contribution in [0, 0.1) is 12.7 Å². The second-order valence-corrected chi connectivity index (χ2v) is 5.35. The first-order valence-electron chi connectivity index (χ1n) is 5.50. The zero-order valence-corrected chi connectivity index (χ0v) is 12.1. The summed E-state index contributed by atoms with van der Waals surface area (Å²) in [6.45, 7) is 2.56. The Morgan fingerprint density at radius 3 is 2.72 bits per heavy atom. The van der Waals surface area contributed by atoms with E-state index in [-0.39, 0.29) is 5.82 Å². The minimum atomic E-state index is -0.253. The molecule has 1 nitrogen and oxygen atoms in total. The number of hydrogen-bond acceptors (Lipinski definition) is 1. The van der Waals surface area contributed by atoms with E-state index in [4.69, 9.17) is 11.6 Å². The number of rotatable bonds is 3. The Balaban J connectivity index is 2.11. The largest absolute Gasteiger partial charge is 0.381 e. The van der Waals surface area contributed by atoms with Crippen LogP contribution in [-0.4, -0.2) is 0 Å². The third-order valence-corrected chi connectivity index (χ3v) is 3.54. The van der Waals surface area contributed by atoms with Gasteiger partial charge < -0.3 is 5.32 Å². The average molecular weight is 329 g/mol. The van der Waals surface area contributed by atoms with Gasteiger partial charge in [0.25, 0.3) is 0 Å². The van der Waals surface area contributed by atoms with Crippen molar-refractivity contribution in [3.63, 3.8) is 0 Å². The van der Waals surface area contributed by atoms with Gasteiger partial charge in [-0.1, -0.05) is 23.7 Å². The smallest absolute Gasteiger partial charge is 0.137 e. The molecule has 0 aliphatic heterocycles. The van der Waals surface area contributed by atoms with Crippen molar-refractivity contribution in [3.8, 4) is 0 Å². The van der Waals surface area contributed by atoms with E-state index in [1.807, 2.05) is 31.2 Å². The van der Waals surface area contributed by atoms with Crippen molar-refractivity contribution in [1.82, 2.24) is 0 Å². The van der Waals surface area contributed by atoms with Crippen molar-refractivity contribution in [2.24, 2.45) is 0 Å². The molecule has 0 atom stereocenters. The number of anilines is 1. The molecular formula is C14H12BrClFN. The second-order valence-electron chi connectivity index (χ2n) is 4.06. The summed E-state index contributed by atoms with van der Waals surface area (Å²) in [6.07, 6.45) is 0. The Bertz CT molecular complexity index is 572. The van der Waals surface area contributed by atoms with Gasteiger partial charge in [0.15, 0.2) is 0 Å². The van der Waals surface area contributed by atoms with Crippen molar-refractivity contribution in [1.29, 1.82) is 0 Å². The zero-order chi connectivity index (χ0) is 13.1. The number of aryl methyl sites for hydroxylation is 1. The monoisotopic (exact) mass is 327 g/mol. The van der Waals surface area contributed by atoms with Gasteiger partial charge >= 0.3 is 0 Å². The lowest BCUT2D eigenvalue weighted by Gasteiger charge is -2.10. The van der Waals surface area contributed by atoms with Crippen LogP contribution in [-0.2, 0) is 6.54 Å². The molecule has 0 saturated heterocycles. The molecule has 0 radical (unpaired) electrons. The molecule has 18 heavy (non-hydrogen) atoms. The summed E-state index contributed by atoms with van der Waals surface area (Å²) < 4.78 is 13.8. The van der Waals surface area contributed by atoms with Crippen LogP contribution in [0.4, 0.5) is 10.1 Å². The maximum atomic E-state index is 13.4. The molecule has 2 aromatic carbocycles. The number of nitrogens with one attached hydrogen (secondary N) is 1. The SMILES string of the molecule is Cc1ccc(Cl)cc1NCc1ccc(Br)c(F)c1. The van der Waals surface area contributed by atoms with E-state index in [1.165, 1.54) is 6.07 Å². The minimum Gasteiger partial charge on any atom is -0.381 e. The first-order chi connectivity index (χ1) is 8.56. The van der Waals surface area contributed by atoms with Gasteiger partial charge in [-0.25, -0.2) is 4.39 Å². The summed E-state index contributed by atoms with van der Waals surface area (Å²) in [5.41, 5.74) is 2.96. The van der Waals surface area contributed by atoms with Crippen LogP contribution in [0.25, 0.3) is 0 Å². The van der Waals surface area contributed by atoms with Crippen molar-refractivity contribution in [3.05, 3.63) is 62.8 Å². The molecule has 0 heterocycles. The predicted octanol–water partition coefficient (Wildman–Crippen LogP) is 5.16. The molecule has 0 spiro atoms. The van der Waals surface area contributed by atoms with Crippen molar-refractivity contribution in [2.75, 3.05) is 5.32 Å². The molecule has 1 N–H and O–H groups in total. The standard InChI is InChI=1S/C14H12BrClFN/c1-9-2-4-11(16)7-14(9)18-8-10-3-5-12(15)13(17)6-10/h2-7,18H,8H2,1H3. The maximum absolute atomic E-state index is 13.4. The van der Waals surface area contributed by atoms with E-state index in [9.17, 15) is 4.39 Å². The molecule has 0 aliphatic carbocycles. The Morgan fingerprint density at radius 1 is 1.22 bits per heavy atom. The second kappa shape index (κ2) is 5.72. The van der Waals surface area contributed by atoms with E-state index in [2.05, 4.69) is 21.2 Å². The fraction of sp³-hybridized carbons (Fsp3) is 0.143. The number of hydrogen-bond donors (Lipinski definition) is 1. The molecule has 0 unspecified atom stereocenters. The summed E-state index contributed by atoms with van der Waals surface area (Å²) in [5.74, 6) is -0.253. The molecule has 0 aliphatic rings. The van der Waals surface area contributed by atoms with Gasteiger partial charge in [-0.15, -0.1) is 0 Å². The van der Waals surface area contributed by atoms with E-state index in [1.54, 1.807) is 6.07 Å². The Kier molecular flexibility index (Phi) is 4.25. The van der Waals surface area contributed by atoms with E-state index in [0.29, 0.717) is 16.0 Å². The fourth-order valence-corrected chi connectivity index (χ4v) is 2.05. The number of halogens is 3. The molecule has 2 aromatic rings. The number of benzene rings is 2. The van der Waals surface area contributed by atoms with Gasteiger partial charge in [0.05, 0.1) is 4.47 Å². The van der Waals surface area contributed by atoms with Crippen LogP contribution in [0.3, 0.4) is 0 Å². The van der Waals surface area contributed by atoms with Gasteiger partial charge in [-0.3, -0.25) is 0 Å². The molecule has 94 valence electrons. The first kappa shape index (κ1) is 13.4. The van der Waals surface area contributed by atoms with Gasteiger partial charge in [0.1, 0.15) is 5.82 Å². The third kappa shape index (κ3) is 3.24. The van der Waals surface area contributed by atoms with Crippen molar-refractivity contribution in [2.45, 2.75) is 13.5 Å². The highest BCUT2D eigenvalue weighted by Crippen LogP contribution is 2.22. The highest BCUT2D eigenvalue weighted by molar-refractivity contribution is 9.10. The minimum absolute atomic E-state index is 0.253. The maximum Gasteiger partial charge on any atom is 0.137 e. The van der Waals surface area contributed by atoms with Gasteiger partial charge in [0.2, 0.25) is 0 Å². The third-order valence-electron chi connectivity index (χ3n) is 2.67. The lowest BCUT2D eigenvalue weighted by atomic mass is 10.1. The van der Waals surface area contributed by atoms with Crippen molar-refractivity contribution < 1.29 is 4.39 Å². The summed E-state index contributed by atoms with van der Waals surface area (Å²) in [6, 6.07) is 10.8. The molecule has 0 amide bonds. The summed E-state index contributed by atoms with van der Waals surface area (Å²) in [7, 11) is 0. The van der Waals surface area contributed by atoms with Gasteiger partial charge in [-0.2, -0.15) is 0 Å². The predicted molar refractivity (Wildman–Crippen MR) is 77.6 cm³/mol. The first-order valence-corrected chi connectivity index (χ1v) is 6.67. The summed E-state index contributed by atoms with van der Waals surface area (Å²) >= 11 is 9.07. The summed E-state index contributed by atoms with van der Waals surface area (Å²) in [5, 5.41) is 3.94. The molecule has 0 saturated carbocycles. The van der Waals surface area contributed by atoms with Crippen LogP contribution < -0.4 is 5.32 Å². The molecule has 0 fully saturated rings. The van der Waals surface area contributed by atoms with Crippen LogP contribution in [0.1, 0.15) is 11.1 Å². The van der Waals surface area contributed by atoms with Crippen LogP contribution in [0.2, 0.25) is 5.02 Å². The average Bonchev–Trinajstić information content (AvgIpc) is 2.34. The van der Waals surface area contributed by atoms with Crippen LogP contribution in [0.5, 0.6) is 0 Å². The molecule has 0 aromatic heterocycles. The Hall–Kier alpha value is -1.06. The fourth-order valence-electron chi connectivity index (χ4n) is 1.63. The molecule has 2 rings (SSSR count). The van der Waals surface area contributed by atoms with Crippen LogP contribution >= 0.6 is 27.5 Å². The highest BCUT2D eigenvalue weighted by Gasteiger charge is 2.02. The topological polar surface area (TPSA) is 12.0 Å².